The Hall–Kier alpha value is -1.55. The Labute approximate surface area is 95.0 Å². The number of carbonyl (C=O) groups excluding carboxylic acids is 1. The van der Waals surface area contributed by atoms with Gasteiger partial charge in [0.15, 0.2) is 0 Å². The number of cyclic esters (lactones) is 1. The molecular weight excluding hydrogens is 204 g/mol. The number of ether oxygens (including phenoxy) is 1. The van der Waals surface area contributed by atoms with Gasteiger partial charge in [0, 0.05) is 13.1 Å². The number of hydrogen-bond acceptors (Lipinski definition) is 3. The minimum absolute atomic E-state index is 0.0750. The second-order valence-electron chi connectivity index (χ2n) is 3.82. The maximum Gasteiger partial charge on any atom is 0.410 e. The van der Waals surface area contributed by atoms with Crippen molar-refractivity contribution in [2.24, 2.45) is 5.73 Å². The molecule has 1 unspecified atom stereocenters. The molecule has 1 amide bonds. The van der Waals surface area contributed by atoms with E-state index in [1.54, 1.807) is 4.90 Å². The summed E-state index contributed by atoms with van der Waals surface area (Å²) in [6.07, 6.45) is 0.611. The fourth-order valence-electron chi connectivity index (χ4n) is 1.97. The van der Waals surface area contributed by atoms with Gasteiger partial charge in [-0.15, -0.1) is 0 Å². The molecule has 1 fully saturated rings. The van der Waals surface area contributed by atoms with Crippen molar-refractivity contribution in [3.8, 4) is 0 Å². The van der Waals surface area contributed by atoms with Crippen LogP contribution in [0.5, 0.6) is 0 Å². The second kappa shape index (κ2) is 4.99. The highest BCUT2D eigenvalue weighted by atomic mass is 16.6. The van der Waals surface area contributed by atoms with Crippen LogP contribution >= 0.6 is 0 Å². The monoisotopic (exact) mass is 220 g/mol. The van der Waals surface area contributed by atoms with E-state index in [-0.39, 0.29) is 12.1 Å². The van der Waals surface area contributed by atoms with Crippen LogP contribution in [0, 0.1) is 0 Å². The van der Waals surface area contributed by atoms with E-state index >= 15 is 0 Å². The zero-order valence-corrected chi connectivity index (χ0v) is 9.13. The number of benzene rings is 1. The molecule has 0 saturated carbocycles. The van der Waals surface area contributed by atoms with E-state index in [0.29, 0.717) is 13.2 Å². The molecule has 0 bridgehead atoms. The summed E-state index contributed by atoms with van der Waals surface area (Å²) in [5.41, 5.74) is 6.81. The van der Waals surface area contributed by atoms with Crippen LogP contribution in [0.25, 0.3) is 0 Å². The van der Waals surface area contributed by atoms with E-state index in [2.05, 4.69) is 0 Å². The summed E-state index contributed by atoms with van der Waals surface area (Å²) >= 11 is 0. The molecule has 0 spiro atoms. The molecule has 1 heterocycles. The van der Waals surface area contributed by atoms with Gasteiger partial charge in [-0.1, -0.05) is 30.3 Å². The lowest BCUT2D eigenvalue weighted by molar-refractivity contribution is 0.0561. The average molecular weight is 220 g/mol. The molecule has 0 aliphatic carbocycles. The molecule has 2 rings (SSSR count). The molecule has 4 nitrogen and oxygen atoms in total. The Morgan fingerprint density at radius 1 is 1.38 bits per heavy atom. The lowest BCUT2D eigenvalue weighted by Gasteiger charge is -2.33. The van der Waals surface area contributed by atoms with Gasteiger partial charge in [0.05, 0.1) is 12.6 Å². The fourth-order valence-corrected chi connectivity index (χ4v) is 1.97. The summed E-state index contributed by atoms with van der Waals surface area (Å²) < 4.78 is 5.03. The van der Waals surface area contributed by atoms with E-state index < -0.39 is 0 Å². The summed E-state index contributed by atoms with van der Waals surface area (Å²) in [5, 5.41) is 0. The maximum absolute atomic E-state index is 11.6. The predicted octanol–water partition coefficient (Wildman–Crippen LogP) is 1.53. The standard InChI is InChI=1S/C12H16N2O2/c13-9-11(10-5-2-1-3-6-10)14-7-4-8-16-12(14)15/h1-3,5-6,11H,4,7-9,13H2. The van der Waals surface area contributed by atoms with Crippen LogP contribution in [0.15, 0.2) is 30.3 Å². The van der Waals surface area contributed by atoms with E-state index in [0.717, 1.165) is 18.5 Å². The molecule has 1 aromatic carbocycles. The second-order valence-corrected chi connectivity index (χ2v) is 3.82. The van der Waals surface area contributed by atoms with Gasteiger partial charge < -0.3 is 10.5 Å². The molecular formula is C12H16N2O2. The highest BCUT2D eigenvalue weighted by molar-refractivity contribution is 5.69. The quantitative estimate of drug-likeness (QED) is 0.840. The van der Waals surface area contributed by atoms with E-state index in [4.69, 9.17) is 10.5 Å². The highest BCUT2D eigenvalue weighted by Gasteiger charge is 2.27. The van der Waals surface area contributed by atoms with Crippen molar-refractivity contribution in [3.05, 3.63) is 35.9 Å². The number of carbonyl (C=O) groups is 1. The molecule has 86 valence electrons. The van der Waals surface area contributed by atoms with Crippen molar-refractivity contribution >= 4 is 6.09 Å². The first-order valence-electron chi connectivity index (χ1n) is 5.51. The molecule has 1 saturated heterocycles. The number of nitrogens with zero attached hydrogens (tertiary/aromatic N) is 1. The Morgan fingerprint density at radius 3 is 2.75 bits per heavy atom. The van der Waals surface area contributed by atoms with Crippen molar-refractivity contribution in [3.63, 3.8) is 0 Å². The molecule has 1 aromatic rings. The van der Waals surface area contributed by atoms with Gasteiger partial charge in [0.2, 0.25) is 0 Å². The van der Waals surface area contributed by atoms with Gasteiger partial charge in [-0.3, -0.25) is 4.90 Å². The summed E-state index contributed by atoms with van der Waals surface area (Å²) in [6, 6.07) is 9.75. The average Bonchev–Trinajstić information content (AvgIpc) is 2.34. The molecule has 16 heavy (non-hydrogen) atoms. The molecule has 1 atom stereocenters. The van der Waals surface area contributed by atoms with Crippen molar-refractivity contribution in [1.29, 1.82) is 0 Å². The van der Waals surface area contributed by atoms with E-state index in [9.17, 15) is 4.79 Å². The van der Waals surface area contributed by atoms with Gasteiger partial charge in [0.25, 0.3) is 0 Å². The zero-order valence-electron chi connectivity index (χ0n) is 9.13. The number of hydrogen-bond donors (Lipinski definition) is 1. The van der Waals surface area contributed by atoms with Crippen LogP contribution in [0.4, 0.5) is 4.79 Å². The topological polar surface area (TPSA) is 55.6 Å². The molecule has 4 heteroatoms. The summed E-state index contributed by atoms with van der Waals surface area (Å²) in [5.74, 6) is 0. The molecule has 1 aliphatic rings. The number of nitrogens with two attached hydrogens (primary N) is 1. The van der Waals surface area contributed by atoms with Crippen LogP contribution in [0.3, 0.4) is 0 Å². The number of amides is 1. The normalized spacial score (nSPS) is 18.1. The van der Waals surface area contributed by atoms with Crippen molar-refractivity contribution in [1.82, 2.24) is 4.90 Å². The van der Waals surface area contributed by atoms with Crippen LogP contribution in [0.1, 0.15) is 18.0 Å². The van der Waals surface area contributed by atoms with Crippen molar-refractivity contribution in [2.75, 3.05) is 19.7 Å². The van der Waals surface area contributed by atoms with Crippen molar-refractivity contribution in [2.45, 2.75) is 12.5 Å². The summed E-state index contributed by atoms with van der Waals surface area (Å²) in [7, 11) is 0. The minimum atomic E-state index is -0.259. The lowest BCUT2D eigenvalue weighted by Crippen LogP contribution is -2.43. The van der Waals surface area contributed by atoms with E-state index in [1.807, 2.05) is 30.3 Å². The third-order valence-corrected chi connectivity index (χ3v) is 2.79. The lowest BCUT2D eigenvalue weighted by atomic mass is 10.1. The van der Waals surface area contributed by atoms with Gasteiger partial charge >= 0.3 is 6.09 Å². The Kier molecular flexibility index (Phi) is 3.41. The smallest absolute Gasteiger partial charge is 0.410 e. The molecule has 0 radical (unpaired) electrons. The van der Waals surface area contributed by atoms with Gasteiger partial charge in [-0.2, -0.15) is 0 Å². The predicted molar refractivity (Wildman–Crippen MR) is 60.9 cm³/mol. The first-order valence-corrected chi connectivity index (χ1v) is 5.51. The number of rotatable bonds is 3. The Balaban J connectivity index is 2.18. The largest absolute Gasteiger partial charge is 0.449 e. The van der Waals surface area contributed by atoms with Crippen molar-refractivity contribution < 1.29 is 9.53 Å². The summed E-state index contributed by atoms with van der Waals surface area (Å²) in [6.45, 7) is 1.65. The van der Waals surface area contributed by atoms with Crippen LogP contribution < -0.4 is 5.73 Å². The minimum Gasteiger partial charge on any atom is -0.449 e. The Bertz CT molecular complexity index is 353. The van der Waals surface area contributed by atoms with Crippen LogP contribution in [0.2, 0.25) is 0 Å². The third-order valence-electron chi connectivity index (χ3n) is 2.79. The van der Waals surface area contributed by atoms with Gasteiger partial charge in [-0.25, -0.2) is 4.79 Å². The Morgan fingerprint density at radius 2 is 2.12 bits per heavy atom. The first kappa shape index (κ1) is 11.0. The van der Waals surface area contributed by atoms with Crippen LogP contribution in [-0.2, 0) is 4.74 Å². The van der Waals surface area contributed by atoms with E-state index in [1.165, 1.54) is 0 Å². The van der Waals surface area contributed by atoms with Gasteiger partial charge in [0.1, 0.15) is 0 Å². The first-order chi connectivity index (χ1) is 7.83. The molecule has 2 N–H and O–H groups in total. The molecule has 0 aromatic heterocycles. The van der Waals surface area contributed by atoms with Crippen LogP contribution in [-0.4, -0.2) is 30.7 Å². The SMILES string of the molecule is NCC(c1ccccc1)N1CCCOC1=O. The third kappa shape index (κ3) is 2.17. The maximum atomic E-state index is 11.6. The van der Waals surface area contributed by atoms with Gasteiger partial charge in [-0.05, 0) is 12.0 Å². The molecule has 1 aliphatic heterocycles. The highest BCUT2D eigenvalue weighted by Crippen LogP contribution is 2.22. The fraction of sp³-hybridized carbons (Fsp3) is 0.417. The summed E-state index contributed by atoms with van der Waals surface area (Å²) in [4.78, 5) is 13.3. The zero-order chi connectivity index (χ0) is 11.4.